The minimum absolute atomic E-state index is 0.0617. The number of fused-ring (bicyclic) bond motifs is 1. The second-order valence-corrected chi connectivity index (χ2v) is 8.09. The Morgan fingerprint density at radius 1 is 1.17 bits per heavy atom. The molecule has 1 heterocycles. The Morgan fingerprint density at radius 2 is 1.88 bits per heavy atom. The molecule has 0 radical (unpaired) electrons. The van der Waals surface area contributed by atoms with Crippen molar-refractivity contribution >= 4 is 22.0 Å². The number of hydrogen-bond donors (Lipinski definition) is 0. The van der Waals surface area contributed by atoms with E-state index in [9.17, 15) is 13.2 Å². The lowest BCUT2D eigenvalue weighted by Crippen LogP contribution is -2.30. The molecule has 24 heavy (non-hydrogen) atoms. The molecule has 1 atom stereocenters. The average Bonchev–Trinajstić information content (AvgIpc) is 2.95. The van der Waals surface area contributed by atoms with Gasteiger partial charge in [-0.15, -0.1) is 0 Å². The van der Waals surface area contributed by atoms with Crippen molar-refractivity contribution in [3.63, 3.8) is 0 Å². The first-order chi connectivity index (χ1) is 11.5. The number of carbonyl (C=O) groups is 1. The van der Waals surface area contributed by atoms with Gasteiger partial charge in [0.1, 0.15) is 6.29 Å². The lowest BCUT2D eigenvalue weighted by molar-refractivity contribution is 0.112. The van der Waals surface area contributed by atoms with E-state index in [-0.39, 0.29) is 10.8 Å². The molecule has 0 unspecified atom stereocenters. The number of aryl methyl sites for hydroxylation is 1. The minimum atomic E-state index is -3.63. The molecule has 0 aliphatic carbocycles. The summed E-state index contributed by atoms with van der Waals surface area (Å²) in [5.41, 5.74) is 3.11. The van der Waals surface area contributed by atoms with Gasteiger partial charge in [-0.3, -0.25) is 9.10 Å². The number of rotatable bonds is 5. The Labute approximate surface area is 143 Å². The summed E-state index contributed by atoms with van der Waals surface area (Å²) in [6, 6.07) is 12.2. The highest BCUT2D eigenvalue weighted by Gasteiger charge is 2.37. The van der Waals surface area contributed by atoms with Gasteiger partial charge >= 0.3 is 0 Å². The molecule has 2 aromatic rings. The highest BCUT2D eigenvalue weighted by molar-refractivity contribution is 7.92. The van der Waals surface area contributed by atoms with Gasteiger partial charge in [0.05, 0.1) is 10.6 Å². The Kier molecular flexibility index (Phi) is 4.45. The lowest BCUT2D eigenvalue weighted by Gasteiger charge is -2.20. The van der Waals surface area contributed by atoms with Crippen LogP contribution in [0.5, 0.6) is 0 Å². The zero-order valence-corrected chi connectivity index (χ0v) is 14.7. The molecule has 0 spiro atoms. The molecule has 0 N–H and O–H groups in total. The molecule has 126 valence electrons. The Balaban J connectivity index is 2.11. The van der Waals surface area contributed by atoms with Gasteiger partial charge in [0, 0.05) is 18.0 Å². The summed E-state index contributed by atoms with van der Waals surface area (Å²) in [6.45, 7) is 4.39. The number of aldehydes is 1. The van der Waals surface area contributed by atoms with E-state index in [1.165, 1.54) is 4.31 Å². The van der Waals surface area contributed by atoms with E-state index in [0.29, 0.717) is 17.8 Å². The third kappa shape index (κ3) is 2.73. The van der Waals surface area contributed by atoms with E-state index in [1.54, 1.807) is 42.5 Å². The van der Waals surface area contributed by atoms with Gasteiger partial charge in [-0.1, -0.05) is 43.2 Å². The summed E-state index contributed by atoms with van der Waals surface area (Å²) < 4.78 is 27.6. The van der Waals surface area contributed by atoms with Crippen LogP contribution < -0.4 is 4.31 Å². The molecular weight excluding hydrogens is 322 g/mol. The Hall–Kier alpha value is -2.14. The fourth-order valence-electron chi connectivity index (χ4n) is 3.37. The molecule has 2 aromatic carbocycles. The zero-order valence-electron chi connectivity index (χ0n) is 13.9. The molecule has 0 amide bonds. The zero-order chi connectivity index (χ0) is 17.3. The number of carbonyl (C=O) groups excluding carboxylic acids is 1. The molecule has 0 bridgehead atoms. The van der Waals surface area contributed by atoms with Crippen LogP contribution in [-0.2, 0) is 10.0 Å². The van der Waals surface area contributed by atoms with Crippen LogP contribution in [0.2, 0.25) is 0 Å². The summed E-state index contributed by atoms with van der Waals surface area (Å²) >= 11 is 0. The smallest absolute Gasteiger partial charge is 0.264 e. The molecule has 0 aromatic heterocycles. The normalized spacial score (nSPS) is 16.9. The van der Waals surface area contributed by atoms with Crippen LogP contribution in [0.3, 0.4) is 0 Å². The van der Waals surface area contributed by atoms with Gasteiger partial charge in [-0.2, -0.15) is 0 Å². The average molecular weight is 343 g/mol. The van der Waals surface area contributed by atoms with Gasteiger partial charge in [0.25, 0.3) is 10.0 Å². The van der Waals surface area contributed by atoms with Crippen LogP contribution in [-0.4, -0.2) is 21.2 Å². The fraction of sp³-hybridized carbons (Fsp3) is 0.316. The van der Waals surface area contributed by atoms with E-state index < -0.39 is 10.0 Å². The summed E-state index contributed by atoms with van der Waals surface area (Å²) in [6.07, 6.45) is 2.62. The number of sulfonamides is 1. The van der Waals surface area contributed by atoms with Crippen molar-refractivity contribution in [2.75, 3.05) is 10.8 Å². The Morgan fingerprint density at radius 3 is 2.50 bits per heavy atom. The quantitative estimate of drug-likeness (QED) is 0.774. The predicted molar refractivity (Wildman–Crippen MR) is 95.2 cm³/mol. The first kappa shape index (κ1) is 16.7. The van der Waals surface area contributed by atoms with Crippen molar-refractivity contribution in [2.45, 2.75) is 37.5 Å². The first-order valence-electron chi connectivity index (χ1n) is 8.16. The van der Waals surface area contributed by atoms with Crippen LogP contribution in [0, 0.1) is 6.92 Å². The van der Waals surface area contributed by atoms with Crippen LogP contribution in [0.25, 0.3) is 0 Å². The van der Waals surface area contributed by atoms with E-state index in [1.807, 2.05) is 6.92 Å². The molecule has 5 heteroatoms. The largest absolute Gasteiger partial charge is 0.298 e. The number of anilines is 1. The van der Waals surface area contributed by atoms with E-state index in [2.05, 4.69) is 6.92 Å². The SMILES string of the molecule is CCC[C@H]1CN(S(=O)(=O)c2ccc(C)cc2)c2cccc(C=O)c21. The van der Waals surface area contributed by atoms with Crippen molar-refractivity contribution in [3.05, 3.63) is 59.2 Å². The second kappa shape index (κ2) is 6.40. The maximum Gasteiger partial charge on any atom is 0.264 e. The standard InChI is InChI=1S/C19H21NO3S/c1-3-5-15-12-20(18-7-4-6-16(13-21)19(15)18)24(22,23)17-10-8-14(2)9-11-17/h4,6-11,13,15H,3,5,12H2,1-2H3/t15-/m0/s1. The van der Waals surface area contributed by atoms with Gasteiger partial charge < -0.3 is 0 Å². The number of benzene rings is 2. The highest BCUT2D eigenvalue weighted by Crippen LogP contribution is 2.43. The summed E-state index contributed by atoms with van der Waals surface area (Å²) in [7, 11) is -3.63. The summed E-state index contributed by atoms with van der Waals surface area (Å²) in [5.74, 6) is 0.0617. The van der Waals surface area contributed by atoms with Crippen LogP contribution in [0.1, 0.15) is 47.2 Å². The predicted octanol–water partition coefficient (Wildman–Crippen LogP) is 3.90. The summed E-state index contributed by atoms with van der Waals surface area (Å²) in [4.78, 5) is 11.7. The topological polar surface area (TPSA) is 54.5 Å². The molecule has 0 saturated carbocycles. The number of nitrogens with zero attached hydrogens (tertiary/aromatic N) is 1. The third-order valence-electron chi connectivity index (χ3n) is 4.55. The minimum Gasteiger partial charge on any atom is -0.298 e. The van der Waals surface area contributed by atoms with Gasteiger partial charge in [0.15, 0.2) is 0 Å². The van der Waals surface area contributed by atoms with Crippen molar-refractivity contribution in [1.29, 1.82) is 0 Å². The monoisotopic (exact) mass is 343 g/mol. The maximum absolute atomic E-state index is 13.1. The third-order valence-corrected chi connectivity index (χ3v) is 6.35. The van der Waals surface area contributed by atoms with Crippen LogP contribution in [0.15, 0.2) is 47.4 Å². The maximum atomic E-state index is 13.1. The Bertz CT molecular complexity index is 857. The van der Waals surface area contributed by atoms with E-state index in [4.69, 9.17) is 0 Å². The van der Waals surface area contributed by atoms with Gasteiger partial charge in [0.2, 0.25) is 0 Å². The second-order valence-electron chi connectivity index (χ2n) is 6.23. The molecule has 0 saturated heterocycles. The molecule has 1 aliphatic rings. The summed E-state index contributed by atoms with van der Waals surface area (Å²) in [5, 5.41) is 0. The van der Waals surface area contributed by atoms with Crippen LogP contribution >= 0.6 is 0 Å². The van der Waals surface area contributed by atoms with E-state index >= 15 is 0 Å². The molecule has 4 nitrogen and oxygen atoms in total. The number of hydrogen-bond acceptors (Lipinski definition) is 3. The molecule has 0 fully saturated rings. The lowest BCUT2D eigenvalue weighted by atomic mass is 9.93. The first-order valence-corrected chi connectivity index (χ1v) is 9.60. The van der Waals surface area contributed by atoms with Crippen molar-refractivity contribution in [2.24, 2.45) is 0 Å². The van der Waals surface area contributed by atoms with Crippen molar-refractivity contribution < 1.29 is 13.2 Å². The molecule has 1 aliphatic heterocycles. The molecular formula is C19H21NO3S. The van der Waals surface area contributed by atoms with Gasteiger partial charge in [-0.25, -0.2) is 8.42 Å². The van der Waals surface area contributed by atoms with Crippen LogP contribution in [0.4, 0.5) is 5.69 Å². The fourth-order valence-corrected chi connectivity index (χ4v) is 4.90. The highest BCUT2D eigenvalue weighted by atomic mass is 32.2. The van der Waals surface area contributed by atoms with E-state index in [0.717, 1.165) is 30.3 Å². The molecule has 3 rings (SSSR count). The van der Waals surface area contributed by atoms with Crippen molar-refractivity contribution in [1.82, 2.24) is 0 Å². The van der Waals surface area contributed by atoms with Crippen molar-refractivity contribution in [3.8, 4) is 0 Å². The van der Waals surface area contributed by atoms with Gasteiger partial charge in [-0.05, 0) is 37.1 Å².